The summed E-state index contributed by atoms with van der Waals surface area (Å²) in [5.41, 5.74) is 1.34. The van der Waals surface area contributed by atoms with E-state index in [1.165, 1.54) is 24.8 Å². The van der Waals surface area contributed by atoms with E-state index < -0.39 is 0 Å². The van der Waals surface area contributed by atoms with Gasteiger partial charge < -0.3 is 5.32 Å². The van der Waals surface area contributed by atoms with Crippen molar-refractivity contribution in [1.29, 1.82) is 0 Å². The SMILES string of the molecule is C[C@H](N[C@@H]1CCC[C@H]1C)c1ccncc1. The van der Waals surface area contributed by atoms with E-state index in [1.807, 2.05) is 12.4 Å². The van der Waals surface area contributed by atoms with Crippen LogP contribution >= 0.6 is 0 Å². The van der Waals surface area contributed by atoms with Crippen LogP contribution in [0.15, 0.2) is 24.5 Å². The predicted molar refractivity (Wildman–Crippen MR) is 62.6 cm³/mol. The number of rotatable bonds is 3. The van der Waals surface area contributed by atoms with Crippen LogP contribution in [-0.2, 0) is 0 Å². The average molecular weight is 204 g/mol. The summed E-state index contributed by atoms with van der Waals surface area (Å²) < 4.78 is 0. The van der Waals surface area contributed by atoms with Gasteiger partial charge in [0.05, 0.1) is 0 Å². The van der Waals surface area contributed by atoms with Crippen LogP contribution in [-0.4, -0.2) is 11.0 Å². The molecule has 82 valence electrons. The van der Waals surface area contributed by atoms with E-state index in [0.29, 0.717) is 12.1 Å². The van der Waals surface area contributed by atoms with Gasteiger partial charge in [-0.25, -0.2) is 0 Å². The minimum Gasteiger partial charge on any atom is -0.307 e. The zero-order chi connectivity index (χ0) is 10.7. The molecule has 1 aromatic heterocycles. The minimum absolute atomic E-state index is 0.443. The van der Waals surface area contributed by atoms with E-state index in [4.69, 9.17) is 0 Å². The van der Waals surface area contributed by atoms with Crippen LogP contribution in [0.25, 0.3) is 0 Å². The quantitative estimate of drug-likeness (QED) is 0.819. The van der Waals surface area contributed by atoms with Gasteiger partial charge in [-0.15, -0.1) is 0 Å². The number of hydrogen-bond acceptors (Lipinski definition) is 2. The van der Waals surface area contributed by atoms with Gasteiger partial charge >= 0.3 is 0 Å². The van der Waals surface area contributed by atoms with Crippen molar-refractivity contribution in [2.24, 2.45) is 5.92 Å². The van der Waals surface area contributed by atoms with Crippen molar-refractivity contribution >= 4 is 0 Å². The number of pyridine rings is 1. The molecule has 1 aliphatic carbocycles. The van der Waals surface area contributed by atoms with Gasteiger partial charge in [0.25, 0.3) is 0 Å². The normalized spacial score (nSPS) is 27.9. The van der Waals surface area contributed by atoms with Gasteiger partial charge in [0, 0.05) is 24.5 Å². The third kappa shape index (κ3) is 2.57. The van der Waals surface area contributed by atoms with Gasteiger partial charge in [0.2, 0.25) is 0 Å². The summed E-state index contributed by atoms with van der Waals surface area (Å²) in [5, 5.41) is 3.72. The Kier molecular flexibility index (Phi) is 3.37. The molecule has 0 unspecified atom stereocenters. The molecule has 0 amide bonds. The second kappa shape index (κ2) is 4.75. The van der Waals surface area contributed by atoms with Gasteiger partial charge in [-0.3, -0.25) is 4.98 Å². The molecular formula is C13H20N2. The van der Waals surface area contributed by atoms with Crippen LogP contribution in [0, 0.1) is 5.92 Å². The largest absolute Gasteiger partial charge is 0.307 e. The summed E-state index contributed by atoms with van der Waals surface area (Å²) in [6, 6.07) is 5.33. The Labute approximate surface area is 92.1 Å². The van der Waals surface area contributed by atoms with Crippen molar-refractivity contribution in [3.8, 4) is 0 Å². The lowest BCUT2D eigenvalue weighted by molar-refractivity contribution is 0.388. The highest BCUT2D eigenvalue weighted by Crippen LogP contribution is 2.27. The Morgan fingerprint density at radius 2 is 2.07 bits per heavy atom. The topological polar surface area (TPSA) is 24.9 Å². The smallest absolute Gasteiger partial charge is 0.0295 e. The Balaban J connectivity index is 1.95. The van der Waals surface area contributed by atoms with Crippen molar-refractivity contribution in [3.05, 3.63) is 30.1 Å². The van der Waals surface area contributed by atoms with E-state index >= 15 is 0 Å². The van der Waals surface area contributed by atoms with Crippen molar-refractivity contribution in [1.82, 2.24) is 10.3 Å². The fraction of sp³-hybridized carbons (Fsp3) is 0.615. The average Bonchev–Trinajstić information content (AvgIpc) is 2.66. The molecule has 0 aromatic carbocycles. The molecule has 0 aliphatic heterocycles. The van der Waals surface area contributed by atoms with Crippen LogP contribution in [0.1, 0.15) is 44.7 Å². The highest BCUT2D eigenvalue weighted by Gasteiger charge is 2.24. The molecule has 0 saturated heterocycles. The summed E-state index contributed by atoms with van der Waals surface area (Å²) >= 11 is 0. The molecule has 1 saturated carbocycles. The van der Waals surface area contributed by atoms with Crippen LogP contribution in [0.3, 0.4) is 0 Å². The van der Waals surface area contributed by atoms with E-state index in [-0.39, 0.29) is 0 Å². The van der Waals surface area contributed by atoms with E-state index in [1.54, 1.807) is 0 Å². The predicted octanol–water partition coefficient (Wildman–Crippen LogP) is 2.92. The molecule has 0 bridgehead atoms. The van der Waals surface area contributed by atoms with E-state index in [2.05, 4.69) is 36.3 Å². The summed E-state index contributed by atoms with van der Waals surface area (Å²) in [6.45, 7) is 4.59. The van der Waals surface area contributed by atoms with Crippen LogP contribution < -0.4 is 5.32 Å². The monoisotopic (exact) mass is 204 g/mol. The van der Waals surface area contributed by atoms with Gasteiger partial charge in [-0.2, -0.15) is 0 Å². The number of aromatic nitrogens is 1. The molecular weight excluding hydrogens is 184 g/mol. The third-order valence-corrected chi connectivity index (χ3v) is 3.53. The fourth-order valence-corrected chi connectivity index (χ4v) is 2.46. The highest BCUT2D eigenvalue weighted by molar-refractivity contribution is 5.14. The third-order valence-electron chi connectivity index (χ3n) is 3.53. The first-order valence-electron chi connectivity index (χ1n) is 5.93. The molecule has 0 spiro atoms. The Morgan fingerprint density at radius 1 is 1.33 bits per heavy atom. The fourth-order valence-electron chi connectivity index (χ4n) is 2.46. The second-order valence-corrected chi connectivity index (χ2v) is 4.68. The van der Waals surface area contributed by atoms with Gasteiger partial charge in [0.15, 0.2) is 0 Å². The molecule has 2 nitrogen and oxygen atoms in total. The molecule has 1 aromatic rings. The number of nitrogens with one attached hydrogen (secondary N) is 1. The highest BCUT2D eigenvalue weighted by atomic mass is 15.0. The first-order valence-corrected chi connectivity index (χ1v) is 5.93. The summed E-state index contributed by atoms with van der Waals surface area (Å²) in [7, 11) is 0. The van der Waals surface area contributed by atoms with Crippen molar-refractivity contribution in [2.75, 3.05) is 0 Å². The molecule has 3 atom stereocenters. The first-order chi connectivity index (χ1) is 7.27. The molecule has 1 heterocycles. The van der Waals surface area contributed by atoms with E-state index in [0.717, 1.165) is 5.92 Å². The lowest BCUT2D eigenvalue weighted by atomic mass is 10.0. The molecule has 2 heteroatoms. The second-order valence-electron chi connectivity index (χ2n) is 4.68. The Bertz CT molecular complexity index is 297. The van der Waals surface area contributed by atoms with Crippen molar-refractivity contribution in [3.63, 3.8) is 0 Å². The summed E-state index contributed by atoms with van der Waals surface area (Å²) in [6.07, 6.45) is 7.82. The number of nitrogens with zero attached hydrogens (tertiary/aromatic N) is 1. The maximum absolute atomic E-state index is 4.05. The van der Waals surface area contributed by atoms with Crippen LogP contribution in [0.4, 0.5) is 0 Å². The molecule has 1 aliphatic rings. The van der Waals surface area contributed by atoms with Crippen molar-refractivity contribution in [2.45, 2.75) is 45.2 Å². The lowest BCUT2D eigenvalue weighted by Crippen LogP contribution is -2.33. The lowest BCUT2D eigenvalue weighted by Gasteiger charge is -2.23. The zero-order valence-corrected chi connectivity index (χ0v) is 9.61. The van der Waals surface area contributed by atoms with Crippen LogP contribution in [0.5, 0.6) is 0 Å². The Hall–Kier alpha value is -0.890. The standard InChI is InChI=1S/C13H20N2/c1-10-4-3-5-13(10)15-11(2)12-6-8-14-9-7-12/h6-11,13,15H,3-5H2,1-2H3/t10-,11+,13-/m1/s1. The number of hydrogen-bond donors (Lipinski definition) is 1. The van der Waals surface area contributed by atoms with Gasteiger partial charge in [-0.1, -0.05) is 13.3 Å². The molecule has 0 radical (unpaired) electrons. The molecule has 1 fully saturated rings. The van der Waals surface area contributed by atoms with E-state index in [9.17, 15) is 0 Å². The molecule has 15 heavy (non-hydrogen) atoms. The maximum Gasteiger partial charge on any atom is 0.0295 e. The summed E-state index contributed by atoms with van der Waals surface area (Å²) in [5.74, 6) is 0.828. The van der Waals surface area contributed by atoms with Gasteiger partial charge in [-0.05, 0) is 43.4 Å². The zero-order valence-electron chi connectivity index (χ0n) is 9.61. The Morgan fingerprint density at radius 3 is 2.67 bits per heavy atom. The maximum atomic E-state index is 4.05. The van der Waals surface area contributed by atoms with Crippen molar-refractivity contribution < 1.29 is 0 Å². The molecule has 1 N–H and O–H groups in total. The molecule has 2 rings (SSSR count). The summed E-state index contributed by atoms with van der Waals surface area (Å²) in [4.78, 5) is 4.05. The van der Waals surface area contributed by atoms with Crippen LogP contribution in [0.2, 0.25) is 0 Å². The first kappa shape index (κ1) is 10.6. The van der Waals surface area contributed by atoms with Gasteiger partial charge in [0.1, 0.15) is 0 Å². The minimum atomic E-state index is 0.443.